The topological polar surface area (TPSA) is 69.4 Å². The summed E-state index contributed by atoms with van der Waals surface area (Å²) in [6, 6.07) is 4.15. The van der Waals surface area contributed by atoms with Crippen LogP contribution < -0.4 is 4.74 Å². The van der Waals surface area contributed by atoms with Gasteiger partial charge in [0.05, 0.1) is 17.1 Å². The van der Waals surface area contributed by atoms with Gasteiger partial charge in [0.1, 0.15) is 5.75 Å². The molecule has 0 bridgehead atoms. The molecule has 0 amide bonds. The number of ketones is 1. The molecule has 80 valence electrons. The largest absolute Gasteiger partial charge is 0.494 e. The first kappa shape index (κ1) is 11.2. The van der Waals surface area contributed by atoms with Gasteiger partial charge in [-0.15, -0.1) is 0 Å². The lowest BCUT2D eigenvalue weighted by Crippen LogP contribution is -2.01. The molecule has 0 aromatic heterocycles. The lowest BCUT2D eigenvalue weighted by molar-refractivity contribution is -0.385. The first-order valence-corrected chi connectivity index (χ1v) is 4.48. The average Bonchev–Trinajstić information content (AvgIpc) is 2.17. The maximum atomic E-state index is 11.2. The van der Waals surface area contributed by atoms with E-state index in [2.05, 4.69) is 0 Å². The van der Waals surface area contributed by atoms with Gasteiger partial charge < -0.3 is 4.74 Å². The quantitative estimate of drug-likeness (QED) is 0.433. The van der Waals surface area contributed by atoms with Crippen LogP contribution in [-0.4, -0.2) is 17.3 Å². The number of hydrogen-bond donors (Lipinski definition) is 0. The summed E-state index contributed by atoms with van der Waals surface area (Å²) in [4.78, 5) is 21.2. The van der Waals surface area contributed by atoms with E-state index in [9.17, 15) is 14.9 Å². The number of carbonyl (C=O) groups is 1. The number of nitro groups is 1. The third-order valence-electron chi connectivity index (χ3n) is 1.86. The predicted molar refractivity (Wildman–Crippen MR) is 54.3 cm³/mol. The van der Waals surface area contributed by atoms with E-state index in [4.69, 9.17) is 4.74 Å². The lowest BCUT2D eigenvalue weighted by Gasteiger charge is -2.04. The molecule has 0 aliphatic rings. The molecule has 1 aromatic rings. The zero-order chi connectivity index (χ0) is 11.4. The zero-order valence-corrected chi connectivity index (χ0v) is 8.52. The molecule has 0 saturated carbocycles. The smallest absolute Gasteiger partial charge is 0.280 e. The Labute approximate surface area is 86.8 Å². The minimum Gasteiger partial charge on any atom is -0.494 e. The van der Waals surface area contributed by atoms with Gasteiger partial charge in [0.2, 0.25) is 0 Å². The summed E-state index contributed by atoms with van der Waals surface area (Å²) < 4.78 is 5.16. The van der Waals surface area contributed by atoms with E-state index in [0.29, 0.717) is 12.4 Å². The minimum atomic E-state index is -0.577. The monoisotopic (exact) mass is 209 g/mol. The van der Waals surface area contributed by atoms with Crippen LogP contribution in [-0.2, 0) is 0 Å². The molecule has 0 radical (unpaired) electrons. The van der Waals surface area contributed by atoms with Crippen LogP contribution >= 0.6 is 0 Å². The summed E-state index contributed by atoms with van der Waals surface area (Å²) in [6.07, 6.45) is 0. The van der Waals surface area contributed by atoms with Crippen molar-refractivity contribution in [3.8, 4) is 5.75 Å². The van der Waals surface area contributed by atoms with Crippen LogP contribution in [0.15, 0.2) is 18.2 Å². The van der Waals surface area contributed by atoms with Crippen LogP contribution in [0.5, 0.6) is 5.75 Å². The highest BCUT2D eigenvalue weighted by atomic mass is 16.6. The molecule has 0 atom stereocenters. The molecule has 0 unspecified atom stereocenters. The first-order chi connectivity index (χ1) is 7.06. The molecule has 0 aliphatic heterocycles. The normalized spacial score (nSPS) is 9.73. The van der Waals surface area contributed by atoms with Gasteiger partial charge in [-0.05, 0) is 26.0 Å². The van der Waals surface area contributed by atoms with Gasteiger partial charge in [-0.2, -0.15) is 0 Å². The van der Waals surface area contributed by atoms with Gasteiger partial charge >= 0.3 is 0 Å². The number of nitrogens with zero attached hydrogens (tertiary/aromatic N) is 1. The summed E-state index contributed by atoms with van der Waals surface area (Å²) >= 11 is 0. The maximum Gasteiger partial charge on any atom is 0.280 e. The molecule has 15 heavy (non-hydrogen) atoms. The third-order valence-corrected chi connectivity index (χ3v) is 1.86. The van der Waals surface area contributed by atoms with E-state index < -0.39 is 4.92 Å². The number of Topliss-reactive ketones (excluding diaryl/α,β-unsaturated/α-hetero) is 1. The summed E-state index contributed by atoms with van der Waals surface area (Å²) in [6.45, 7) is 3.54. The van der Waals surface area contributed by atoms with Crippen molar-refractivity contribution in [1.29, 1.82) is 0 Å². The van der Waals surface area contributed by atoms with Crippen molar-refractivity contribution < 1.29 is 14.5 Å². The van der Waals surface area contributed by atoms with Gasteiger partial charge in [0.25, 0.3) is 5.69 Å². The number of benzene rings is 1. The van der Waals surface area contributed by atoms with Crippen molar-refractivity contribution in [3.63, 3.8) is 0 Å². The Balaban J connectivity index is 3.21. The Morgan fingerprint density at radius 2 is 2.20 bits per heavy atom. The maximum absolute atomic E-state index is 11.2. The Hall–Kier alpha value is -1.91. The van der Waals surface area contributed by atoms with Crippen LogP contribution in [0.25, 0.3) is 0 Å². The lowest BCUT2D eigenvalue weighted by atomic mass is 10.1. The SMILES string of the molecule is CCOc1ccc([N+](=O)[O-])c(C(C)=O)c1. The number of carbonyl (C=O) groups excluding carboxylic acids is 1. The predicted octanol–water partition coefficient (Wildman–Crippen LogP) is 2.20. The summed E-state index contributed by atoms with van der Waals surface area (Å²) in [5.41, 5.74) is -0.114. The highest BCUT2D eigenvalue weighted by molar-refractivity contribution is 5.98. The molecule has 1 aromatic carbocycles. The number of nitro benzene ring substituents is 1. The molecule has 0 aliphatic carbocycles. The molecule has 0 spiro atoms. The van der Waals surface area contributed by atoms with Crippen molar-refractivity contribution in [2.24, 2.45) is 0 Å². The fourth-order valence-corrected chi connectivity index (χ4v) is 1.21. The van der Waals surface area contributed by atoms with Crippen LogP contribution in [0.4, 0.5) is 5.69 Å². The molecule has 0 N–H and O–H groups in total. The van der Waals surface area contributed by atoms with Crippen LogP contribution in [0.3, 0.4) is 0 Å². The van der Waals surface area contributed by atoms with E-state index in [1.165, 1.54) is 25.1 Å². The second-order valence-electron chi connectivity index (χ2n) is 2.93. The molecule has 0 heterocycles. The Morgan fingerprint density at radius 3 is 2.67 bits per heavy atom. The van der Waals surface area contributed by atoms with Crippen molar-refractivity contribution >= 4 is 11.5 Å². The van der Waals surface area contributed by atoms with Gasteiger partial charge in [0.15, 0.2) is 5.78 Å². The molecule has 1 rings (SSSR count). The molecule has 0 saturated heterocycles. The van der Waals surface area contributed by atoms with Gasteiger partial charge in [0, 0.05) is 6.07 Å². The van der Waals surface area contributed by atoms with E-state index in [-0.39, 0.29) is 17.0 Å². The molecular weight excluding hydrogens is 198 g/mol. The average molecular weight is 209 g/mol. The van der Waals surface area contributed by atoms with Crippen LogP contribution in [0.2, 0.25) is 0 Å². The van der Waals surface area contributed by atoms with Crippen molar-refractivity contribution in [1.82, 2.24) is 0 Å². The van der Waals surface area contributed by atoms with Gasteiger partial charge in [-0.3, -0.25) is 14.9 Å². The fraction of sp³-hybridized carbons (Fsp3) is 0.300. The standard InChI is InChI=1S/C10H11NO4/c1-3-15-8-4-5-10(11(13)14)9(6-8)7(2)12/h4-6H,3H2,1-2H3. The minimum absolute atomic E-state index is 0.0750. The third kappa shape index (κ3) is 2.52. The molecule has 0 fully saturated rings. The molecule has 5 heteroatoms. The Morgan fingerprint density at radius 1 is 1.53 bits per heavy atom. The zero-order valence-electron chi connectivity index (χ0n) is 8.52. The van der Waals surface area contributed by atoms with E-state index in [1.807, 2.05) is 0 Å². The molecule has 5 nitrogen and oxygen atoms in total. The summed E-state index contributed by atoms with van der Waals surface area (Å²) in [5, 5.41) is 10.6. The number of ether oxygens (including phenoxy) is 1. The van der Waals surface area contributed by atoms with E-state index in [0.717, 1.165) is 0 Å². The van der Waals surface area contributed by atoms with Crippen LogP contribution in [0, 0.1) is 10.1 Å². The second-order valence-corrected chi connectivity index (χ2v) is 2.93. The first-order valence-electron chi connectivity index (χ1n) is 4.48. The van der Waals surface area contributed by atoms with Gasteiger partial charge in [-0.1, -0.05) is 0 Å². The number of rotatable bonds is 4. The Bertz CT molecular complexity index is 400. The van der Waals surface area contributed by atoms with Crippen molar-refractivity contribution in [2.75, 3.05) is 6.61 Å². The van der Waals surface area contributed by atoms with Crippen molar-refractivity contribution in [2.45, 2.75) is 13.8 Å². The van der Waals surface area contributed by atoms with Crippen LogP contribution in [0.1, 0.15) is 24.2 Å². The highest BCUT2D eigenvalue weighted by Gasteiger charge is 2.17. The van der Waals surface area contributed by atoms with E-state index in [1.54, 1.807) is 6.92 Å². The van der Waals surface area contributed by atoms with Crippen molar-refractivity contribution in [3.05, 3.63) is 33.9 Å². The van der Waals surface area contributed by atoms with Gasteiger partial charge in [-0.25, -0.2) is 0 Å². The fourth-order valence-electron chi connectivity index (χ4n) is 1.21. The molecular formula is C10H11NO4. The summed E-state index contributed by atoms with van der Waals surface area (Å²) in [7, 11) is 0. The van der Waals surface area contributed by atoms with E-state index >= 15 is 0 Å². The summed E-state index contributed by atoms with van der Waals surface area (Å²) in [5.74, 6) is 0.122. The number of hydrogen-bond acceptors (Lipinski definition) is 4. The Kier molecular flexibility index (Phi) is 3.38. The highest BCUT2D eigenvalue weighted by Crippen LogP contribution is 2.24. The second kappa shape index (κ2) is 4.54.